The third-order valence-electron chi connectivity index (χ3n) is 1.60. The fraction of sp³-hybridized carbons (Fsp3) is 0.182. The second-order valence-electron chi connectivity index (χ2n) is 2.60. The van der Waals surface area contributed by atoms with Crippen LogP contribution in [-0.4, -0.2) is 0 Å². The highest BCUT2D eigenvalue weighted by Gasteiger charge is 1.86. The van der Waals surface area contributed by atoms with Crippen molar-refractivity contribution in [3.63, 3.8) is 0 Å². The molecule has 0 fully saturated rings. The molecule has 1 aromatic carbocycles. The van der Waals surface area contributed by atoms with Crippen LogP contribution < -0.4 is 0 Å². The van der Waals surface area contributed by atoms with Crippen molar-refractivity contribution in [3.8, 4) is 0 Å². The lowest BCUT2D eigenvalue weighted by atomic mass is 10.1. The Morgan fingerprint density at radius 3 is 2.55 bits per heavy atom. The predicted molar refractivity (Wildman–Crippen MR) is 48.6 cm³/mol. The van der Waals surface area contributed by atoms with Gasteiger partial charge in [-0.3, -0.25) is 0 Å². The molecular weight excluding hydrogens is 132 g/mol. The maximum Gasteiger partial charge on any atom is -0.00215 e. The van der Waals surface area contributed by atoms with Gasteiger partial charge < -0.3 is 0 Å². The van der Waals surface area contributed by atoms with Crippen molar-refractivity contribution in [2.24, 2.45) is 0 Å². The van der Waals surface area contributed by atoms with Gasteiger partial charge in [-0.1, -0.05) is 36.4 Å². The summed E-state index contributed by atoms with van der Waals surface area (Å²) in [5.41, 5.74) is 5.37. The summed E-state index contributed by atoms with van der Waals surface area (Å²) in [6.45, 7) is 5.60. The Bertz CT molecular complexity index is 261. The molecule has 56 valence electrons. The Morgan fingerprint density at radius 2 is 2.00 bits per heavy atom. The molecule has 0 amide bonds. The van der Waals surface area contributed by atoms with Crippen LogP contribution in [0.3, 0.4) is 0 Å². The molecule has 0 heterocycles. The van der Waals surface area contributed by atoms with Gasteiger partial charge in [0, 0.05) is 0 Å². The first-order valence-corrected chi connectivity index (χ1v) is 3.73. The summed E-state index contributed by atoms with van der Waals surface area (Å²) >= 11 is 0. The minimum Gasteiger partial charge on any atom is -0.133 e. The quantitative estimate of drug-likeness (QED) is 0.560. The lowest BCUT2D eigenvalue weighted by Crippen LogP contribution is -1.79. The normalized spacial score (nSPS) is 8.82. The Balaban J connectivity index is 2.73. The molecule has 0 aliphatic heterocycles. The molecule has 0 N–H and O–H groups in total. The molecule has 0 aliphatic carbocycles. The Hall–Kier alpha value is -1.26. The summed E-state index contributed by atoms with van der Waals surface area (Å²) in [5.74, 6) is 0. The van der Waals surface area contributed by atoms with Gasteiger partial charge in [0.05, 0.1) is 0 Å². The fourth-order valence-corrected chi connectivity index (χ4v) is 0.914. The van der Waals surface area contributed by atoms with Crippen molar-refractivity contribution in [1.82, 2.24) is 0 Å². The van der Waals surface area contributed by atoms with Crippen LogP contribution in [0.5, 0.6) is 0 Å². The van der Waals surface area contributed by atoms with Gasteiger partial charge in [-0.2, -0.15) is 0 Å². The zero-order chi connectivity index (χ0) is 8.10. The van der Waals surface area contributed by atoms with Gasteiger partial charge >= 0.3 is 0 Å². The van der Waals surface area contributed by atoms with E-state index >= 15 is 0 Å². The summed E-state index contributed by atoms with van der Waals surface area (Å²) in [7, 11) is 0. The average Bonchev–Trinajstić information content (AvgIpc) is 2.04. The second-order valence-corrected chi connectivity index (χ2v) is 2.60. The highest BCUT2D eigenvalue weighted by Crippen LogP contribution is 2.03. The fourth-order valence-electron chi connectivity index (χ4n) is 0.914. The largest absolute Gasteiger partial charge is 0.133 e. The van der Waals surface area contributed by atoms with E-state index in [1.54, 1.807) is 0 Å². The van der Waals surface area contributed by atoms with E-state index < -0.39 is 0 Å². The van der Waals surface area contributed by atoms with Crippen LogP contribution in [0.25, 0.3) is 0 Å². The molecule has 0 atom stereocenters. The zero-order valence-corrected chi connectivity index (χ0v) is 6.80. The number of hydrogen-bond donors (Lipinski definition) is 0. The Labute approximate surface area is 67.9 Å². The van der Waals surface area contributed by atoms with Gasteiger partial charge in [0.25, 0.3) is 0 Å². The second kappa shape index (κ2) is 3.80. The molecular formula is C11H12. The van der Waals surface area contributed by atoms with E-state index in [4.69, 9.17) is 0 Å². The maximum absolute atomic E-state index is 3.51. The van der Waals surface area contributed by atoms with Crippen molar-refractivity contribution in [2.75, 3.05) is 0 Å². The molecule has 0 nitrogen and oxygen atoms in total. The molecule has 0 unspecified atom stereocenters. The van der Waals surface area contributed by atoms with Gasteiger partial charge in [-0.25, -0.2) is 0 Å². The summed E-state index contributed by atoms with van der Waals surface area (Å²) < 4.78 is 0. The lowest BCUT2D eigenvalue weighted by molar-refractivity contribution is 1.26. The van der Waals surface area contributed by atoms with Crippen LogP contribution >= 0.6 is 0 Å². The molecule has 0 saturated carbocycles. The maximum atomic E-state index is 3.51. The Morgan fingerprint density at radius 1 is 1.36 bits per heavy atom. The van der Waals surface area contributed by atoms with Crippen molar-refractivity contribution in [1.29, 1.82) is 0 Å². The van der Waals surface area contributed by atoms with E-state index in [1.165, 1.54) is 11.1 Å². The average molecular weight is 144 g/mol. The Kier molecular flexibility index (Phi) is 2.71. The van der Waals surface area contributed by atoms with Gasteiger partial charge in [0.1, 0.15) is 0 Å². The summed E-state index contributed by atoms with van der Waals surface area (Å²) in [6.07, 6.45) is 2.87. The van der Waals surface area contributed by atoms with Crippen molar-refractivity contribution < 1.29 is 0 Å². The molecule has 1 aromatic rings. The van der Waals surface area contributed by atoms with Crippen LogP contribution in [0.4, 0.5) is 0 Å². The summed E-state index contributed by atoms with van der Waals surface area (Å²) in [5, 5.41) is 0. The summed E-state index contributed by atoms with van der Waals surface area (Å²) in [6, 6.07) is 8.49. The SMILES string of the molecule is C=C=CCc1ccc(C)cc1. The van der Waals surface area contributed by atoms with Gasteiger partial charge in [0.2, 0.25) is 0 Å². The summed E-state index contributed by atoms with van der Waals surface area (Å²) in [4.78, 5) is 0. The number of aryl methyl sites for hydroxylation is 1. The van der Waals surface area contributed by atoms with Crippen LogP contribution in [0.2, 0.25) is 0 Å². The molecule has 11 heavy (non-hydrogen) atoms. The van der Waals surface area contributed by atoms with Crippen molar-refractivity contribution in [2.45, 2.75) is 13.3 Å². The first-order chi connectivity index (χ1) is 5.33. The number of benzene rings is 1. The van der Waals surface area contributed by atoms with Crippen LogP contribution in [0, 0.1) is 6.92 Å². The first-order valence-electron chi connectivity index (χ1n) is 3.73. The topological polar surface area (TPSA) is 0 Å². The number of allylic oxidation sites excluding steroid dienone is 1. The highest BCUT2D eigenvalue weighted by atomic mass is 13.9. The van der Waals surface area contributed by atoms with Crippen LogP contribution in [-0.2, 0) is 6.42 Å². The smallest absolute Gasteiger partial charge is 0.00215 e. The minimum atomic E-state index is 0.934. The van der Waals surface area contributed by atoms with E-state index in [1.807, 2.05) is 6.08 Å². The molecule has 0 saturated heterocycles. The lowest BCUT2D eigenvalue weighted by Gasteiger charge is -1.95. The van der Waals surface area contributed by atoms with Crippen LogP contribution in [0.15, 0.2) is 42.7 Å². The molecule has 0 spiro atoms. The molecule has 0 aliphatic rings. The standard InChI is InChI=1S/C11H12/c1-3-4-5-11-8-6-10(2)7-9-11/h4,6-9H,1,5H2,2H3. The van der Waals surface area contributed by atoms with Crippen LogP contribution in [0.1, 0.15) is 11.1 Å². The number of rotatable bonds is 2. The van der Waals surface area contributed by atoms with E-state index in [9.17, 15) is 0 Å². The third kappa shape index (κ3) is 2.45. The van der Waals surface area contributed by atoms with Gasteiger partial charge in [0.15, 0.2) is 0 Å². The van der Waals surface area contributed by atoms with E-state index in [0.717, 1.165) is 6.42 Å². The van der Waals surface area contributed by atoms with Crippen molar-refractivity contribution in [3.05, 3.63) is 53.8 Å². The van der Waals surface area contributed by atoms with E-state index in [-0.39, 0.29) is 0 Å². The minimum absolute atomic E-state index is 0.934. The van der Waals surface area contributed by atoms with Gasteiger partial charge in [-0.05, 0) is 25.0 Å². The third-order valence-corrected chi connectivity index (χ3v) is 1.60. The first kappa shape index (κ1) is 7.84. The van der Waals surface area contributed by atoms with Gasteiger partial charge in [-0.15, -0.1) is 5.73 Å². The molecule has 0 heteroatoms. The predicted octanol–water partition coefficient (Wildman–Crippen LogP) is 2.88. The van der Waals surface area contributed by atoms with E-state index in [2.05, 4.69) is 43.5 Å². The zero-order valence-electron chi connectivity index (χ0n) is 6.80. The number of hydrogen-bond acceptors (Lipinski definition) is 0. The monoisotopic (exact) mass is 144 g/mol. The molecule has 0 aromatic heterocycles. The molecule has 0 radical (unpaired) electrons. The highest BCUT2D eigenvalue weighted by molar-refractivity contribution is 5.22. The van der Waals surface area contributed by atoms with E-state index in [0.29, 0.717) is 0 Å². The van der Waals surface area contributed by atoms with Crippen molar-refractivity contribution >= 4 is 0 Å². The molecule has 1 rings (SSSR count). The molecule has 0 bridgehead atoms.